The molecule has 0 atom stereocenters. The van der Waals surface area contributed by atoms with Gasteiger partial charge in [0.05, 0.1) is 9.26 Å². The predicted octanol–water partition coefficient (Wildman–Crippen LogP) is 4.32. The Labute approximate surface area is 137 Å². The molecule has 0 unspecified atom stereocenters. The average molecular weight is 402 g/mol. The lowest BCUT2D eigenvalue weighted by Crippen LogP contribution is -2.19. The average Bonchev–Trinajstić information content (AvgIpc) is 2.90. The molecule has 2 aromatic rings. The molecule has 2 aromatic heterocycles. The van der Waals surface area contributed by atoms with Crippen molar-refractivity contribution in [1.29, 1.82) is 0 Å². The van der Waals surface area contributed by atoms with Gasteiger partial charge in [0, 0.05) is 23.5 Å². The Kier molecular flexibility index (Phi) is 4.95. The van der Waals surface area contributed by atoms with Gasteiger partial charge in [-0.3, -0.25) is 0 Å². The molecular formula is C14H19IN4S. The maximum atomic E-state index is 4.74. The number of nitrogens with zero attached hydrogens (tertiary/aromatic N) is 3. The first-order valence-corrected chi connectivity index (χ1v) is 8.61. The van der Waals surface area contributed by atoms with E-state index in [9.17, 15) is 0 Å². The van der Waals surface area contributed by atoms with Crippen LogP contribution in [0.15, 0.2) is 11.6 Å². The summed E-state index contributed by atoms with van der Waals surface area (Å²) in [5.74, 6) is 1.63. The maximum absolute atomic E-state index is 4.74. The number of anilines is 1. The predicted molar refractivity (Wildman–Crippen MR) is 93.3 cm³/mol. The number of rotatable bonds is 4. The van der Waals surface area contributed by atoms with E-state index in [1.807, 2.05) is 5.38 Å². The molecule has 6 heteroatoms. The molecule has 20 heavy (non-hydrogen) atoms. The van der Waals surface area contributed by atoms with Crippen LogP contribution < -0.4 is 5.32 Å². The van der Waals surface area contributed by atoms with Crippen molar-refractivity contribution in [3.8, 4) is 10.8 Å². The van der Waals surface area contributed by atoms with E-state index in [2.05, 4.69) is 65.6 Å². The largest absolute Gasteiger partial charge is 0.369 e. The van der Waals surface area contributed by atoms with E-state index in [0.29, 0.717) is 5.82 Å². The van der Waals surface area contributed by atoms with Crippen LogP contribution in [-0.4, -0.2) is 21.5 Å². The zero-order chi connectivity index (χ0) is 14.8. The van der Waals surface area contributed by atoms with Crippen molar-refractivity contribution >= 4 is 39.7 Å². The molecule has 1 N–H and O–H groups in total. The van der Waals surface area contributed by atoms with Crippen LogP contribution in [0.2, 0.25) is 0 Å². The van der Waals surface area contributed by atoms with Gasteiger partial charge < -0.3 is 5.32 Å². The van der Waals surface area contributed by atoms with Gasteiger partial charge in [-0.1, -0.05) is 27.7 Å². The highest BCUT2D eigenvalue weighted by atomic mass is 127. The Morgan fingerprint density at radius 1 is 1.30 bits per heavy atom. The number of thiazole rings is 1. The van der Waals surface area contributed by atoms with Gasteiger partial charge in [-0.2, -0.15) is 0 Å². The molecule has 0 amide bonds. The van der Waals surface area contributed by atoms with Crippen molar-refractivity contribution in [3.05, 3.63) is 20.8 Å². The maximum Gasteiger partial charge on any atom is 0.191 e. The SMILES string of the molecule is CCCNc1nc(-c2nccs2)nc(C(C)(C)C)c1I. The molecule has 0 radical (unpaired) electrons. The summed E-state index contributed by atoms with van der Waals surface area (Å²) in [5, 5.41) is 6.21. The van der Waals surface area contributed by atoms with E-state index in [-0.39, 0.29) is 5.41 Å². The van der Waals surface area contributed by atoms with Gasteiger partial charge in [0.1, 0.15) is 5.82 Å². The minimum absolute atomic E-state index is 0.0197. The van der Waals surface area contributed by atoms with Crippen LogP contribution in [-0.2, 0) is 5.41 Å². The number of nitrogens with one attached hydrogen (secondary N) is 1. The minimum atomic E-state index is -0.0197. The first kappa shape index (κ1) is 15.6. The molecule has 108 valence electrons. The normalized spacial score (nSPS) is 11.7. The molecule has 4 nitrogen and oxygen atoms in total. The second-order valence-corrected chi connectivity index (χ2v) is 7.55. The molecule has 0 spiro atoms. The fourth-order valence-electron chi connectivity index (χ4n) is 1.73. The number of hydrogen-bond donors (Lipinski definition) is 1. The van der Waals surface area contributed by atoms with E-state index in [1.165, 1.54) is 0 Å². The molecule has 0 saturated heterocycles. The molecule has 0 aliphatic carbocycles. The van der Waals surface area contributed by atoms with Gasteiger partial charge in [-0.05, 0) is 29.0 Å². The summed E-state index contributed by atoms with van der Waals surface area (Å²) < 4.78 is 1.10. The van der Waals surface area contributed by atoms with Crippen molar-refractivity contribution in [2.24, 2.45) is 0 Å². The van der Waals surface area contributed by atoms with Crippen molar-refractivity contribution in [1.82, 2.24) is 15.0 Å². The zero-order valence-corrected chi connectivity index (χ0v) is 15.2. The van der Waals surface area contributed by atoms with Gasteiger partial charge in [0.15, 0.2) is 10.8 Å². The molecule has 0 aliphatic rings. The van der Waals surface area contributed by atoms with Gasteiger partial charge in [0.25, 0.3) is 0 Å². The fraction of sp³-hybridized carbons (Fsp3) is 0.500. The highest BCUT2D eigenvalue weighted by Gasteiger charge is 2.24. The van der Waals surface area contributed by atoms with E-state index in [1.54, 1.807) is 17.5 Å². The smallest absolute Gasteiger partial charge is 0.191 e. The van der Waals surface area contributed by atoms with Crippen LogP contribution in [0.1, 0.15) is 39.8 Å². The van der Waals surface area contributed by atoms with E-state index >= 15 is 0 Å². The third-order valence-corrected chi connectivity index (χ3v) is 4.52. The highest BCUT2D eigenvalue weighted by Crippen LogP contribution is 2.32. The first-order valence-electron chi connectivity index (χ1n) is 6.65. The second kappa shape index (κ2) is 6.34. The van der Waals surface area contributed by atoms with Crippen LogP contribution in [0.4, 0.5) is 5.82 Å². The van der Waals surface area contributed by atoms with Crippen LogP contribution >= 0.6 is 33.9 Å². The lowest BCUT2D eigenvalue weighted by atomic mass is 9.92. The zero-order valence-electron chi connectivity index (χ0n) is 12.2. The molecular weight excluding hydrogens is 383 g/mol. The third kappa shape index (κ3) is 3.46. The second-order valence-electron chi connectivity index (χ2n) is 5.57. The molecule has 2 heterocycles. The monoisotopic (exact) mass is 402 g/mol. The summed E-state index contributed by atoms with van der Waals surface area (Å²) in [6, 6.07) is 0. The molecule has 0 saturated carbocycles. The van der Waals surface area contributed by atoms with Crippen molar-refractivity contribution in [3.63, 3.8) is 0 Å². The molecule has 2 rings (SSSR count). The lowest BCUT2D eigenvalue weighted by molar-refractivity contribution is 0.564. The van der Waals surface area contributed by atoms with Gasteiger partial charge >= 0.3 is 0 Å². The standard InChI is InChI=1S/C14H19IN4S/c1-5-6-16-11-9(15)10(14(2,3)4)18-12(19-11)13-17-7-8-20-13/h7-8H,5-6H2,1-4H3,(H,16,18,19). The number of hydrogen-bond acceptors (Lipinski definition) is 5. The summed E-state index contributed by atoms with van der Waals surface area (Å²) in [4.78, 5) is 13.7. The Hall–Kier alpha value is -0.760. The van der Waals surface area contributed by atoms with E-state index < -0.39 is 0 Å². The first-order chi connectivity index (χ1) is 9.43. The van der Waals surface area contributed by atoms with E-state index in [0.717, 1.165) is 33.1 Å². The number of halogens is 1. The van der Waals surface area contributed by atoms with Crippen LogP contribution in [0.3, 0.4) is 0 Å². The minimum Gasteiger partial charge on any atom is -0.369 e. The summed E-state index contributed by atoms with van der Waals surface area (Å²) in [7, 11) is 0. The van der Waals surface area contributed by atoms with E-state index in [4.69, 9.17) is 4.98 Å². The van der Waals surface area contributed by atoms with Crippen molar-refractivity contribution in [2.75, 3.05) is 11.9 Å². The Morgan fingerprint density at radius 2 is 2.05 bits per heavy atom. The number of aromatic nitrogens is 3. The topological polar surface area (TPSA) is 50.7 Å². The van der Waals surface area contributed by atoms with Crippen LogP contribution in [0, 0.1) is 3.57 Å². The van der Waals surface area contributed by atoms with Crippen LogP contribution in [0.25, 0.3) is 10.8 Å². The summed E-state index contributed by atoms with van der Waals surface area (Å²) in [6.45, 7) is 9.58. The fourth-order valence-corrected chi connectivity index (χ4v) is 3.54. The highest BCUT2D eigenvalue weighted by molar-refractivity contribution is 14.1. The molecule has 0 fully saturated rings. The Morgan fingerprint density at radius 3 is 2.60 bits per heavy atom. The Balaban J connectivity index is 2.54. The quantitative estimate of drug-likeness (QED) is 0.774. The summed E-state index contributed by atoms with van der Waals surface area (Å²) in [5.41, 5.74) is 1.05. The third-order valence-electron chi connectivity index (χ3n) is 2.73. The van der Waals surface area contributed by atoms with Gasteiger partial charge in [0.2, 0.25) is 0 Å². The van der Waals surface area contributed by atoms with Crippen molar-refractivity contribution in [2.45, 2.75) is 39.5 Å². The Bertz CT molecular complexity index is 576. The van der Waals surface area contributed by atoms with Gasteiger partial charge in [-0.25, -0.2) is 15.0 Å². The lowest BCUT2D eigenvalue weighted by Gasteiger charge is -2.21. The van der Waals surface area contributed by atoms with Crippen molar-refractivity contribution < 1.29 is 0 Å². The molecule has 0 bridgehead atoms. The molecule has 0 aliphatic heterocycles. The van der Waals surface area contributed by atoms with Crippen LogP contribution in [0.5, 0.6) is 0 Å². The summed E-state index contributed by atoms with van der Waals surface area (Å²) >= 11 is 3.90. The van der Waals surface area contributed by atoms with Gasteiger partial charge in [-0.15, -0.1) is 11.3 Å². The molecule has 0 aromatic carbocycles. The summed E-state index contributed by atoms with van der Waals surface area (Å²) in [6.07, 6.45) is 2.86.